The van der Waals surface area contributed by atoms with Crippen LogP contribution in [0.3, 0.4) is 0 Å². The van der Waals surface area contributed by atoms with E-state index in [9.17, 15) is 9.59 Å². The van der Waals surface area contributed by atoms with Crippen LogP contribution in [0.5, 0.6) is 5.75 Å². The number of hydrogen-bond acceptors (Lipinski definition) is 5. The van der Waals surface area contributed by atoms with E-state index >= 15 is 0 Å². The molecule has 1 aliphatic rings. The van der Waals surface area contributed by atoms with Crippen LogP contribution < -0.4 is 10.1 Å². The highest BCUT2D eigenvalue weighted by atomic mass is 35.5. The summed E-state index contributed by atoms with van der Waals surface area (Å²) >= 11 is 6.27. The molecule has 1 aliphatic heterocycles. The number of pyridine rings is 1. The highest BCUT2D eigenvalue weighted by Crippen LogP contribution is 2.25. The lowest BCUT2D eigenvalue weighted by Crippen LogP contribution is -2.42. The average molecular weight is 474 g/mol. The summed E-state index contributed by atoms with van der Waals surface area (Å²) in [4.78, 5) is 31.2. The van der Waals surface area contributed by atoms with Crippen molar-refractivity contribution in [1.29, 1.82) is 0 Å². The summed E-state index contributed by atoms with van der Waals surface area (Å²) in [6.45, 7) is 8.62. The maximum Gasteiger partial charge on any atom is 0.412 e. The van der Waals surface area contributed by atoms with Crippen molar-refractivity contribution in [2.24, 2.45) is 0 Å². The van der Waals surface area contributed by atoms with Gasteiger partial charge < -0.3 is 14.4 Å². The predicted molar refractivity (Wildman–Crippen MR) is 129 cm³/mol. The number of benzene rings is 1. The SMILES string of the molecule is CC1CCCCN1C(=O)c1cc(Cl)cc(OCCc2cc(NC(=O)OC(C)(C)C)ccn2)c1. The van der Waals surface area contributed by atoms with Crippen molar-refractivity contribution in [2.75, 3.05) is 18.5 Å². The van der Waals surface area contributed by atoms with E-state index in [-0.39, 0.29) is 11.9 Å². The summed E-state index contributed by atoms with van der Waals surface area (Å²) in [5.41, 5.74) is 1.31. The second-order valence-corrected chi connectivity index (χ2v) is 9.72. The number of carbonyl (C=O) groups excluding carboxylic acids is 2. The molecule has 2 aromatic rings. The fourth-order valence-electron chi connectivity index (χ4n) is 3.72. The molecular weight excluding hydrogens is 442 g/mol. The molecule has 0 spiro atoms. The largest absolute Gasteiger partial charge is 0.493 e. The van der Waals surface area contributed by atoms with Crippen molar-refractivity contribution in [3.63, 3.8) is 0 Å². The van der Waals surface area contributed by atoms with Crippen LogP contribution in [0.4, 0.5) is 10.5 Å². The Bertz CT molecular complexity index is 990. The second kappa shape index (κ2) is 10.9. The maximum absolute atomic E-state index is 13.0. The lowest BCUT2D eigenvalue weighted by atomic mass is 10.0. The lowest BCUT2D eigenvalue weighted by molar-refractivity contribution is 0.0626. The summed E-state index contributed by atoms with van der Waals surface area (Å²) in [7, 11) is 0. The zero-order valence-electron chi connectivity index (χ0n) is 19.7. The van der Waals surface area contributed by atoms with Gasteiger partial charge in [-0.15, -0.1) is 0 Å². The van der Waals surface area contributed by atoms with Gasteiger partial charge in [-0.25, -0.2) is 4.79 Å². The van der Waals surface area contributed by atoms with Crippen LogP contribution in [0, 0.1) is 0 Å². The molecule has 1 aromatic carbocycles. The highest BCUT2D eigenvalue weighted by Gasteiger charge is 2.25. The van der Waals surface area contributed by atoms with Gasteiger partial charge in [0.1, 0.15) is 11.4 Å². The molecule has 0 bridgehead atoms. The number of anilines is 1. The lowest BCUT2D eigenvalue weighted by Gasteiger charge is -2.33. The molecule has 1 atom stereocenters. The van der Waals surface area contributed by atoms with Crippen molar-refractivity contribution >= 4 is 29.3 Å². The number of likely N-dealkylation sites (tertiary alicyclic amines) is 1. The minimum Gasteiger partial charge on any atom is -0.493 e. The van der Waals surface area contributed by atoms with E-state index in [0.29, 0.717) is 35.1 Å². The molecule has 178 valence electrons. The Balaban J connectivity index is 1.58. The van der Waals surface area contributed by atoms with Crippen molar-refractivity contribution in [3.05, 3.63) is 52.8 Å². The van der Waals surface area contributed by atoms with Crippen LogP contribution >= 0.6 is 11.6 Å². The van der Waals surface area contributed by atoms with Crippen LogP contribution in [-0.2, 0) is 11.2 Å². The van der Waals surface area contributed by atoms with Crippen LogP contribution in [0.2, 0.25) is 5.02 Å². The van der Waals surface area contributed by atoms with E-state index in [0.717, 1.165) is 31.5 Å². The van der Waals surface area contributed by atoms with Crippen molar-refractivity contribution in [1.82, 2.24) is 9.88 Å². The fraction of sp³-hybridized carbons (Fsp3) is 0.480. The van der Waals surface area contributed by atoms with Crippen LogP contribution in [0.15, 0.2) is 36.5 Å². The van der Waals surface area contributed by atoms with Gasteiger partial charge in [0.15, 0.2) is 0 Å². The third-order valence-corrected chi connectivity index (χ3v) is 5.49. The number of halogens is 1. The number of rotatable bonds is 6. The quantitative estimate of drug-likeness (QED) is 0.580. The van der Waals surface area contributed by atoms with Gasteiger partial charge in [0.05, 0.1) is 6.61 Å². The monoisotopic (exact) mass is 473 g/mol. The Kier molecular flexibility index (Phi) is 8.19. The average Bonchev–Trinajstić information content (AvgIpc) is 2.72. The van der Waals surface area contributed by atoms with Crippen LogP contribution in [0.1, 0.15) is 63.0 Å². The first-order valence-electron chi connectivity index (χ1n) is 11.3. The summed E-state index contributed by atoms with van der Waals surface area (Å²) in [6.07, 6.45) is 4.81. The van der Waals surface area contributed by atoms with Gasteiger partial charge in [0, 0.05) is 47.2 Å². The third kappa shape index (κ3) is 7.63. The number of ether oxygens (including phenoxy) is 2. The van der Waals surface area contributed by atoms with Gasteiger partial charge in [0.2, 0.25) is 0 Å². The number of aromatic nitrogens is 1. The van der Waals surface area contributed by atoms with E-state index in [1.807, 2.05) is 25.7 Å². The third-order valence-electron chi connectivity index (χ3n) is 5.27. The molecule has 1 unspecified atom stereocenters. The Morgan fingerprint density at radius 3 is 2.73 bits per heavy atom. The summed E-state index contributed by atoms with van der Waals surface area (Å²) in [6, 6.07) is 8.82. The molecular formula is C25H32ClN3O4. The molecule has 0 aliphatic carbocycles. The fourth-order valence-corrected chi connectivity index (χ4v) is 3.95. The maximum atomic E-state index is 13.0. The molecule has 2 heterocycles. The van der Waals surface area contributed by atoms with Gasteiger partial charge in [-0.05, 0) is 77.3 Å². The number of amides is 2. The number of nitrogens with zero attached hydrogens (tertiary/aromatic N) is 2. The Hall–Kier alpha value is -2.80. The van der Waals surface area contributed by atoms with E-state index in [4.69, 9.17) is 21.1 Å². The minimum absolute atomic E-state index is 0.0165. The molecule has 2 amide bonds. The molecule has 7 nitrogen and oxygen atoms in total. The van der Waals surface area contributed by atoms with Crippen molar-refractivity contribution in [3.8, 4) is 5.75 Å². The summed E-state index contributed by atoms with van der Waals surface area (Å²) in [5, 5.41) is 3.17. The highest BCUT2D eigenvalue weighted by molar-refractivity contribution is 6.31. The standard InChI is InChI=1S/C25H32ClN3O4/c1-17-7-5-6-11-29(17)23(30)18-13-19(26)15-22(14-18)32-12-9-20-16-21(8-10-27-20)28-24(31)33-25(2,3)4/h8,10,13-17H,5-7,9,11-12H2,1-4H3,(H,27,28,31). The topological polar surface area (TPSA) is 80.8 Å². The van der Waals surface area contributed by atoms with Crippen molar-refractivity contribution < 1.29 is 19.1 Å². The first kappa shape index (κ1) is 24.8. The smallest absolute Gasteiger partial charge is 0.412 e. The molecule has 1 aromatic heterocycles. The zero-order chi connectivity index (χ0) is 24.0. The first-order valence-corrected chi connectivity index (χ1v) is 11.7. The predicted octanol–water partition coefficient (Wildman–Crippen LogP) is 5.72. The first-order chi connectivity index (χ1) is 15.6. The van der Waals surface area contributed by atoms with Crippen molar-refractivity contribution in [2.45, 2.75) is 65.0 Å². The summed E-state index contributed by atoms with van der Waals surface area (Å²) in [5.74, 6) is 0.524. The van der Waals surface area contributed by atoms with Crippen LogP contribution in [-0.4, -0.2) is 46.7 Å². The Labute approximate surface area is 200 Å². The second-order valence-electron chi connectivity index (χ2n) is 9.28. The number of piperidine rings is 1. The normalized spacial score (nSPS) is 16.3. The Morgan fingerprint density at radius 2 is 2.00 bits per heavy atom. The number of carbonyl (C=O) groups is 2. The summed E-state index contributed by atoms with van der Waals surface area (Å²) < 4.78 is 11.1. The molecule has 0 saturated carbocycles. The molecule has 1 fully saturated rings. The Morgan fingerprint density at radius 1 is 1.21 bits per heavy atom. The zero-order valence-corrected chi connectivity index (χ0v) is 20.4. The molecule has 33 heavy (non-hydrogen) atoms. The van der Waals surface area contributed by atoms with Crippen LogP contribution in [0.25, 0.3) is 0 Å². The molecule has 0 radical (unpaired) electrons. The molecule has 3 rings (SSSR count). The molecule has 8 heteroatoms. The van der Waals surface area contributed by atoms with Gasteiger partial charge >= 0.3 is 6.09 Å². The molecule has 1 saturated heterocycles. The molecule has 1 N–H and O–H groups in total. The number of hydrogen-bond donors (Lipinski definition) is 1. The van der Waals surface area contributed by atoms with Gasteiger partial charge in [-0.2, -0.15) is 0 Å². The van der Waals surface area contributed by atoms with E-state index in [1.165, 1.54) is 0 Å². The van der Waals surface area contributed by atoms with Gasteiger partial charge in [-0.1, -0.05) is 11.6 Å². The van der Waals surface area contributed by atoms with E-state index in [2.05, 4.69) is 17.2 Å². The van der Waals surface area contributed by atoms with Gasteiger partial charge in [0.25, 0.3) is 5.91 Å². The van der Waals surface area contributed by atoms with Gasteiger partial charge in [-0.3, -0.25) is 15.1 Å². The van der Waals surface area contributed by atoms with E-state index < -0.39 is 11.7 Å². The minimum atomic E-state index is -0.572. The number of nitrogens with one attached hydrogen (secondary N) is 1. The van der Waals surface area contributed by atoms with E-state index in [1.54, 1.807) is 36.5 Å².